The van der Waals surface area contributed by atoms with Gasteiger partial charge in [-0.15, -0.1) is 0 Å². The minimum atomic E-state index is -1.56. The molecule has 1 amide bonds. The van der Waals surface area contributed by atoms with Gasteiger partial charge >= 0.3 is 0 Å². The Labute approximate surface area is 350 Å². The molecule has 0 bridgehead atoms. The first-order valence-electron chi connectivity index (χ1n) is 24.4. The lowest BCUT2D eigenvalue weighted by Gasteiger charge is -2.40. The van der Waals surface area contributed by atoms with Crippen LogP contribution < -0.4 is 5.32 Å². The number of hydrogen-bond donors (Lipinski definition) is 6. The highest BCUT2D eigenvalue weighted by atomic mass is 16.7. The van der Waals surface area contributed by atoms with Gasteiger partial charge in [0.1, 0.15) is 24.4 Å². The van der Waals surface area contributed by atoms with E-state index in [0.29, 0.717) is 6.42 Å². The molecule has 9 nitrogen and oxygen atoms in total. The van der Waals surface area contributed by atoms with Gasteiger partial charge in [-0.25, -0.2) is 0 Å². The van der Waals surface area contributed by atoms with Gasteiger partial charge in [-0.2, -0.15) is 0 Å². The number of carbonyl (C=O) groups is 1. The largest absolute Gasteiger partial charge is 0.394 e. The van der Waals surface area contributed by atoms with Crippen LogP contribution >= 0.6 is 0 Å². The lowest BCUT2D eigenvalue weighted by Crippen LogP contribution is -2.60. The third-order valence-corrected chi connectivity index (χ3v) is 11.9. The molecule has 1 aliphatic rings. The van der Waals surface area contributed by atoms with Gasteiger partial charge in [0, 0.05) is 6.42 Å². The van der Waals surface area contributed by atoms with Gasteiger partial charge in [0.15, 0.2) is 6.29 Å². The van der Waals surface area contributed by atoms with Crippen LogP contribution in [-0.4, -0.2) is 87.5 Å². The molecule has 9 heteroatoms. The van der Waals surface area contributed by atoms with Crippen LogP contribution in [0.15, 0.2) is 12.2 Å². The highest BCUT2D eigenvalue weighted by Crippen LogP contribution is 2.23. The minimum Gasteiger partial charge on any atom is -0.394 e. The van der Waals surface area contributed by atoms with Gasteiger partial charge in [-0.1, -0.05) is 219 Å². The molecule has 2 unspecified atom stereocenters. The average molecular weight is 812 g/mol. The highest BCUT2D eigenvalue weighted by molar-refractivity contribution is 5.76. The highest BCUT2D eigenvalue weighted by Gasteiger charge is 2.44. The van der Waals surface area contributed by atoms with Crippen molar-refractivity contribution in [3.63, 3.8) is 0 Å². The van der Waals surface area contributed by atoms with Crippen molar-refractivity contribution >= 4 is 5.91 Å². The molecule has 0 aromatic heterocycles. The molecule has 0 radical (unpaired) electrons. The van der Waals surface area contributed by atoms with Crippen molar-refractivity contribution in [3.8, 4) is 0 Å². The van der Waals surface area contributed by atoms with Crippen LogP contribution in [0.3, 0.4) is 0 Å². The molecule has 57 heavy (non-hydrogen) atoms. The molecular formula is C48H93NO8. The predicted octanol–water partition coefficient (Wildman–Crippen LogP) is 10.5. The third-order valence-electron chi connectivity index (χ3n) is 11.9. The lowest BCUT2D eigenvalue weighted by atomic mass is 9.99. The Morgan fingerprint density at radius 3 is 1.37 bits per heavy atom. The summed E-state index contributed by atoms with van der Waals surface area (Å²) in [4.78, 5) is 13.0. The first-order valence-corrected chi connectivity index (χ1v) is 24.4. The SMILES string of the molecule is CCCCCCCCCCCCCCCC/C=C/[C@@H](O)[C@H](CO[C@@H]1O[C@H](CO)[C@@H](O)C(O)C1O)NC(=O)CCCCCCCCCCCCCCCCCCCC. The second kappa shape index (κ2) is 39.1. The molecule has 1 rings (SSSR count). The zero-order valence-electron chi connectivity index (χ0n) is 37.1. The van der Waals surface area contributed by atoms with Crippen LogP contribution in [-0.2, 0) is 14.3 Å². The van der Waals surface area contributed by atoms with Crippen LogP contribution in [0.2, 0.25) is 0 Å². The maximum absolute atomic E-state index is 13.0. The Morgan fingerprint density at radius 1 is 0.579 bits per heavy atom. The molecule has 6 N–H and O–H groups in total. The number of hydrogen-bond acceptors (Lipinski definition) is 8. The molecular weight excluding hydrogens is 719 g/mol. The summed E-state index contributed by atoms with van der Waals surface area (Å²) in [6.45, 7) is 3.79. The van der Waals surface area contributed by atoms with E-state index in [1.54, 1.807) is 6.08 Å². The molecule has 0 saturated carbocycles. The molecule has 1 heterocycles. The van der Waals surface area contributed by atoms with E-state index < -0.39 is 49.5 Å². The summed E-state index contributed by atoms with van der Waals surface area (Å²) < 4.78 is 11.2. The standard InChI is InChI=1S/C48H93NO8/c1-3-5-7-9-11-13-15-17-19-21-22-24-26-28-30-32-34-36-38-44(52)49-41(40-56-48-47(55)46(54)45(53)43(39-50)57-48)42(51)37-35-33-31-29-27-25-23-20-18-16-14-12-10-8-6-4-2/h35,37,41-43,45-48,50-51,53-55H,3-34,36,38-40H2,1-2H3,(H,49,52)/b37-35+/t41-,42+,43+,45+,46?,47?,48+/m0/s1. The first-order chi connectivity index (χ1) is 27.8. The maximum atomic E-state index is 13.0. The van der Waals surface area contributed by atoms with E-state index in [9.17, 15) is 30.3 Å². The van der Waals surface area contributed by atoms with Crippen molar-refractivity contribution in [2.75, 3.05) is 13.2 Å². The molecule has 1 aliphatic heterocycles. The van der Waals surface area contributed by atoms with Crippen LogP contribution in [0.5, 0.6) is 0 Å². The lowest BCUT2D eigenvalue weighted by molar-refractivity contribution is -0.302. The number of amides is 1. The number of allylic oxidation sites excluding steroid dienone is 1. The summed E-state index contributed by atoms with van der Waals surface area (Å²) in [5.74, 6) is -0.173. The summed E-state index contributed by atoms with van der Waals surface area (Å²) in [7, 11) is 0. The Morgan fingerprint density at radius 2 is 0.965 bits per heavy atom. The molecule has 338 valence electrons. The fourth-order valence-electron chi connectivity index (χ4n) is 7.92. The van der Waals surface area contributed by atoms with Crippen molar-refractivity contribution < 1.29 is 39.8 Å². The molecule has 0 aromatic carbocycles. The van der Waals surface area contributed by atoms with E-state index in [2.05, 4.69) is 19.2 Å². The van der Waals surface area contributed by atoms with Crippen LogP contribution in [0, 0.1) is 0 Å². The van der Waals surface area contributed by atoms with E-state index in [1.165, 1.54) is 173 Å². The number of aliphatic hydroxyl groups excluding tert-OH is 5. The minimum absolute atomic E-state index is 0.173. The number of ether oxygens (including phenoxy) is 2. The summed E-state index contributed by atoms with van der Waals surface area (Å²) in [6.07, 6.45) is 38.2. The quantitative estimate of drug-likeness (QED) is 0.0264. The zero-order valence-corrected chi connectivity index (χ0v) is 37.1. The van der Waals surface area contributed by atoms with Crippen LogP contribution in [0.1, 0.15) is 232 Å². The van der Waals surface area contributed by atoms with Gasteiger partial charge < -0.3 is 40.3 Å². The summed E-state index contributed by atoms with van der Waals surface area (Å²) in [5.41, 5.74) is 0. The molecule has 7 atom stereocenters. The zero-order chi connectivity index (χ0) is 41.6. The average Bonchev–Trinajstić information content (AvgIpc) is 3.21. The van der Waals surface area contributed by atoms with Crippen molar-refractivity contribution in [1.29, 1.82) is 0 Å². The molecule has 0 aromatic rings. The van der Waals surface area contributed by atoms with Gasteiger partial charge in [0.2, 0.25) is 5.91 Å². The Bertz CT molecular complexity index is 904. The maximum Gasteiger partial charge on any atom is 0.220 e. The summed E-state index contributed by atoms with van der Waals surface area (Å²) in [5, 5.41) is 54.3. The van der Waals surface area contributed by atoms with Gasteiger partial charge in [-0.3, -0.25) is 4.79 Å². The van der Waals surface area contributed by atoms with Gasteiger partial charge in [-0.05, 0) is 19.3 Å². The normalized spacial score (nSPS) is 21.0. The second-order valence-electron chi connectivity index (χ2n) is 17.3. The van der Waals surface area contributed by atoms with E-state index in [1.807, 2.05) is 6.08 Å². The van der Waals surface area contributed by atoms with Crippen LogP contribution in [0.4, 0.5) is 0 Å². The van der Waals surface area contributed by atoms with Crippen molar-refractivity contribution in [3.05, 3.63) is 12.2 Å². The number of nitrogens with one attached hydrogen (secondary N) is 1. The van der Waals surface area contributed by atoms with E-state index in [-0.39, 0.29) is 12.5 Å². The summed E-state index contributed by atoms with van der Waals surface area (Å²) in [6, 6.07) is -0.798. The molecule has 1 saturated heterocycles. The third kappa shape index (κ3) is 29.7. The van der Waals surface area contributed by atoms with E-state index in [0.717, 1.165) is 38.5 Å². The van der Waals surface area contributed by atoms with E-state index in [4.69, 9.17) is 9.47 Å². The van der Waals surface area contributed by atoms with E-state index >= 15 is 0 Å². The number of rotatable bonds is 41. The van der Waals surface area contributed by atoms with Crippen molar-refractivity contribution in [1.82, 2.24) is 5.32 Å². The van der Waals surface area contributed by atoms with Gasteiger partial charge in [0.05, 0.1) is 25.4 Å². The Balaban J connectivity index is 2.31. The van der Waals surface area contributed by atoms with Crippen LogP contribution in [0.25, 0.3) is 0 Å². The number of carbonyl (C=O) groups excluding carboxylic acids is 1. The summed E-state index contributed by atoms with van der Waals surface area (Å²) >= 11 is 0. The fourth-order valence-corrected chi connectivity index (χ4v) is 7.92. The second-order valence-corrected chi connectivity index (χ2v) is 17.3. The molecule has 0 spiro atoms. The molecule has 1 fully saturated rings. The van der Waals surface area contributed by atoms with Crippen molar-refractivity contribution in [2.24, 2.45) is 0 Å². The van der Waals surface area contributed by atoms with Crippen molar-refractivity contribution in [2.45, 2.75) is 275 Å². The predicted molar refractivity (Wildman–Crippen MR) is 235 cm³/mol. The first kappa shape index (κ1) is 53.9. The Hall–Kier alpha value is -1.07. The monoisotopic (exact) mass is 812 g/mol. The van der Waals surface area contributed by atoms with Gasteiger partial charge in [0.25, 0.3) is 0 Å². The topological polar surface area (TPSA) is 149 Å². The number of aliphatic hydroxyl groups is 5. The number of unbranched alkanes of at least 4 members (excludes halogenated alkanes) is 31. The Kier molecular flexibility index (Phi) is 37.0. The molecule has 0 aliphatic carbocycles. The smallest absolute Gasteiger partial charge is 0.220 e. The fraction of sp³-hybridized carbons (Fsp3) is 0.938.